The molecular weight excluding hydrogens is 294 g/mol. The van der Waals surface area contributed by atoms with Crippen LogP contribution in [0, 0.1) is 13.8 Å². The number of rotatable bonds is 2. The number of aromatic nitrogens is 4. The highest BCUT2D eigenvalue weighted by atomic mass is 32.1. The van der Waals surface area contributed by atoms with Gasteiger partial charge in [0.05, 0.1) is 17.6 Å². The van der Waals surface area contributed by atoms with Crippen molar-refractivity contribution >= 4 is 27.4 Å². The number of aryl methyl sites for hydroxylation is 2. The van der Waals surface area contributed by atoms with Gasteiger partial charge in [-0.2, -0.15) is 0 Å². The van der Waals surface area contributed by atoms with Crippen molar-refractivity contribution in [3.8, 4) is 0 Å². The molecule has 5 nitrogen and oxygen atoms in total. The van der Waals surface area contributed by atoms with E-state index in [9.17, 15) is 0 Å². The van der Waals surface area contributed by atoms with Gasteiger partial charge in [-0.15, -0.1) is 11.3 Å². The Morgan fingerprint density at radius 2 is 2.09 bits per heavy atom. The van der Waals surface area contributed by atoms with Crippen LogP contribution in [-0.4, -0.2) is 26.1 Å². The van der Waals surface area contributed by atoms with Gasteiger partial charge >= 0.3 is 0 Å². The molecule has 3 aromatic heterocycles. The Kier molecular flexibility index (Phi) is 3.14. The zero-order chi connectivity index (χ0) is 15.3. The van der Waals surface area contributed by atoms with Gasteiger partial charge in [-0.1, -0.05) is 6.92 Å². The summed E-state index contributed by atoms with van der Waals surface area (Å²) in [5, 5.41) is 1.18. The van der Waals surface area contributed by atoms with E-state index in [2.05, 4.69) is 46.3 Å². The summed E-state index contributed by atoms with van der Waals surface area (Å²) < 4.78 is 2.33. The molecule has 0 unspecified atom stereocenters. The maximum Gasteiger partial charge on any atom is 0.141 e. The van der Waals surface area contributed by atoms with E-state index in [1.54, 1.807) is 17.7 Å². The lowest BCUT2D eigenvalue weighted by Crippen LogP contribution is -2.34. The van der Waals surface area contributed by atoms with E-state index in [0.29, 0.717) is 0 Å². The van der Waals surface area contributed by atoms with Gasteiger partial charge in [0.1, 0.15) is 22.8 Å². The molecule has 0 saturated carbocycles. The minimum Gasteiger partial charge on any atom is -0.347 e. The number of nitrogens with zero attached hydrogens (tertiary/aromatic N) is 5. The summed E-state index contributed by atoms with van der Waals surface area (Å²) in [7, 11) is 0. The van der Waals surface area contributed by atoms with Crippen LogP contribution in [0.2, 0.25) is 0 Å². The second-order valence-corrected chi connectivity index (χ2v) is 6.87. The van der Waals surface area contributed by atoms with Crippen molar-refractivity contribution in [2.75, 3.05) is 11.4 Å². The molecule has 0 fully saturated rings. The molecule has 114 valence electrons. The van der Waals surface area contributed by atoms with Crippen LogP contribution in [0.1, 0.15) is 29.0 Å². The Labute approximate surface area is 133 Å². The van der Waals surface area contributed by atoms with Crippen molar-refractivity contribution in [2.24, 2.45) is 0 Å². The van der Waals surface area contributed by atoms with Crippen molar-refractivity contribution in [3.63, 3.8) is 0 Å². The molecule has 0 spiro atoms. The molecule has 0 aliphatic carbocycles. The Morgan fingerprint density at radius 1 is 1.23 bits per heavy atom. The van der Waals surface area contributed by atoms with Crippen molar-refractivity contribution in [1.82, 2.24) is 19.5 Å². The Morgan fingerprint density at radius 3 is 2.91 bits per heavy atom. The second-order valence-electron chi connectivity index (χ2n) is 5.75. The zero-order valence-electron chi connectivity index (χ0n) is 13.1. The molecule has 0 N–H and O–H groups in total. The highest BCUT2D eigenvalue weighted by molar-refractivity contribution is 7.18. The molecule has 0 amide bonds. The quantitative estimate of drug-likeness (QED) is 0.729. The van der Waals surface area contributed by atoms with Gasteiger partial charge in [-0.3, -0.25) is 0 Å². The summed E-state index contributed by atoms with van der Waals surface area (Å²) in [6.07, 6.45) is 2.73. The van der Waals surface area contributed by atoms with E-state index in [4.69, 9.17) is 4.98 Å². The van der Waals surface area contributed by atoms with E-state index in [0.717, 1.165) is 48.2 Å². The van der Waals surface area contributed by atoms with Gasteiger partial charge < -0.3 is 9.47 Å². The number of thiophene rings is 1. The van der Waals surface area contributed by atoms with Crippen molar-refractivity contribution in [3.05, 3.63) is 34.5 Å². The van der Waals surface area contributed by atoms with Crippen molar-refractivity contribution < 1.29 is 0 Å². The highest BCUT2D eigenvalue weighted by Crippen LogP contribution is 2.32. The predicted molar refractivity (Wildman–Crippen MR) is 89.5 cm³/mol. The van der Waals surface area contributed by atoms with Crippen LogP contribution < -0.4 is 4.90 Å². The summed E-state index contributed by atoms with van der Waals surface area (Å²) >= 11 is 1.77. The molecule has 4 rings (SSSR count). The van der Waals surface area contributed by atoms with Gasteiger partial charge in [-0.05, 0) is 26.3 Å². The average Bonchev–Trinajstić information content (AvgIpc) is 3.08. The first-order valence-electron chi connectivity index (χ1n) is 7.68. The van der Waals surface area contributed by atoms with Gasteiger partial charge in [0, 0.05) is 23.7 Å². The van der Waals surface area contributed by atoms with Crippen LogP contribution in [0.25, 0.3) is 10.2 Å². The summed E-state index contributed by atoms with van der Waals surface area (Å²) in [6.45, 7) is 9.17. The third kappa shape index (κ3) is 2.01. The van der Waals surface area contributed by atoms with Crippen LogP contribution >= 0.6 is 11.3 Å². The molecule has 0 saturated heterocycles. The van der Waals surface area contributed by atoms with Crippen LogP contribution in [-0.2, 0) is 19.5 Å². The maximum atomic E-state index is 4.71. The molecule has 0 atom stereocenters. The molecule has 0 aromatic carbocycles. The van der Waals surface area contributed by atoms with Crippen molar-refractivity contribution in [2.45, 2.75) is 40.3 Å². The molecule has 1 aliphatic heterocycles. The van der Waals surface area contributed by atoms with Gasteiger partial charge in [-0.25, -0.2) is 15.0 Å². The van der Waals surface area contributed by atoms with E-state index < -0.39 is 0 Å². The minimum absolute atomic E-state index is 0.818. The summed E-state index contributed by atoms with van der Waals surface area (Å²) in [6, 6.07) is 2.24. The summed E-state index contributed by atoms with van der Waals surface area (Å²) in [5.74, 6) is 2.18. The number of hydrogen-bond donors (Lipinski definition) is 0. The fraction of sp³-hybridized carbons (Fsp3) is 0.438. The Hall–Kier alpha value is -1.95. The van der Waals surface area contributed by atoms with Crippen LogP contribution in [0.3, 0.4) is 0 Å². The molecule has 1 aliphatic rings. The van der Waals surface area contributed by atoms with Gasteiger partial charge in [0.15, 0.2) is 0 Å². The predicted octanol–water partition coefficient (Wildman–Crippen LogP) is 3.09. The Balaban J connectivity index is 1.75. The first-order chi connectivity index (χ1) is 10.7. The van der Waals surface area contributed by atoms with E-state index >= 15 is 0 Å². The lowest BCUT2D eigenvalue weighted by atomic mass is 10.2. The van der Waals surface area contributed by atoms with Gasteiger partial charge in [0.25, 0.3) is 0 Å². The van der Waals surface area contributed by atoms with Crippen molar-refractivity contribution in [1.29, 1.82) is 0 Å². The number of anilines is 1. The molecule has 0 bridgehead atoms. The summed E-state index contributed by atoms with van der Waals surface area (Å²) in [4.78, 5) is 18.5. The topological polar surface area (TPSA) is 46.8 Å². The standard InChI is InChI=1S/C16H19N5S/c1-4-12-7-13-15(17-9-18-16(13)22-12)20-5-6-21-11(3)10(2)19-14(21)8-20/h7,9H,4-6,8H2,1-3H3. The number of imidazole rings is 1. The second kappa shape index (κ2) is 5.05. The largest absolute Gasteiger partial charge is 0.347 e. The zero-order valence-corrected chi connectivity index (χ0v) is 13.9. The molecular formula is C16H19N5S. The fourth-order valence-corrected chi connectivity index (χ4v) is 4.04. The van der Waals surface area contributed by atoms with Crippen LogP contribution in [0.15, 0.2) is 12.4 Å². The SMILES string of the molecule is CCc1cc2c(N3CCn4c(nc(C)c4C)C3)ncnc2s1. The third-order valence-electron chi connectivity index (χ3n) is 4.47. The first-order valence-corrected chi connectivity index (χ1v) is 8.50. The minimum atomic E-state index is 0.818. The lowest BCUT2D eigenvalue weighted by Gasteiger charge is -2.29. The average molecular weight is 313 g/mol. The van der Waals surface area contributed by atoms with Crippen LogP contribution in [0.5, 0.6) is 0 Å². The van der Waals surface area contributed by atoms with Crippen LogP contribution in [0.4, 0.5) is 5.82 Å². The molecule has 3 aromatic rings. The van der Waals surface area contributed by atoms with E-state index in [-0.39, 0.29) is 0 Å². The highest BCUT2D eigenvalue weighted by Gasteiger charge is 2.23. The smallest absolute Gasteiger partial charge is 0.141 e. The molecule has 0 radical (unpaired) electrons. The number of hydrogen-bond acceptors (Lipinski definition) is 5. The third-order valence-corrected chi connectivity index (χ3v) is 5.66. The monoisotopic (exact) mass is 313 g/mol. The number of fused-ring (bicyclic) bond motifs is 2. The first kappa shape index (κ1) is 13.7. The van der Waals surface area contributed by atoms with Gasteiger partial charge in [0.2, 0.25) is 0 Å². The molecule has 6 heteroatoms. The Bertz CT molecular complexity index is 848. The fourth-order valence-electron chi connectivity index (χ4n) is 3.11. The maximum absolute atomic E-state index is 4.71. The summed E-state index contributed by atoms with van der Waals surface area (Å²) in [5.41, 5.74) is 2.42. The lowest BCUT2D eigenvalue weighted by molar-refractivity contribution is 0.548. The molecule has 22 heavy (non-hydrogen) atoms. The van der Waals surface area contributed by atoms with E-state index in [1.165, 1.54) is 16.0 Å². The normalized spacial score (nSPS) is 14.6. The van der Waals surface area contributed by atoms with E-state index in [1.807, 2.05) is 0 Å². The molecule has 4 heterocycles.